The predicted molar refractivity (Wildman–Crippen MR) is 82.6 cm³/mol. The Kier molecular flexibility index (Phi) is 5.16. The molecule has 0 saturated heterocycles. The Morgan fingerprint density at radius 2 is 2.09 bits per heavy atom. The molecule has 0 bridgehead atoms. The van der Waals surface area contributed by atoms with Crippen LogP contribution in [-0.4, -0.2) is 29.6 Å². The van der Waals surface area contributed by atoms with Crippen molar-refractivity contribution in [1.29, 1.82) is 0 Å². The number of halogens is 1. The lowest BCUT2D eigenvalue weighted by atomic mass is 10.1. The van der Waals surface area contributed by atoms with Crippen LogP contribution >= 0.6 is 11.6 Å². The number of nitrogens with zero attached hydrogens (tertiary/aromatic N) is 1. The normalized spacial score (nSPS) is 10.5. The smallest absolute Gasteiger partial charge is 0.290 e. The summed E-state index contributed by atoms with van der Waals surface area (Å²) in [5, 5.41) is 9.54. The summed E-state index contributed by atoms with van der Waals surface area (Å²) in [6.07, 6.45) is 0. The van der Waals surface area contributed by atoms with E-state index in [-0.39, 0.29) is 24.3 Å². The van der Waals surface area contributed by atoms with Crippen molar-refractivity contribution in [2.24, 2.45) is 0 Å². The summed E-state index contributed by atoms with van der Waals surface area (Å²) < 4.78 is 5.00. The number of benzene rings is 1. The Morgan fingerprint density at radius 1 is 1.32 bits per heavy atom. The minimum atomic E-state index is -0.500. The lowest BCUT2D eigenvalue weighted by Crippen LogP contribution is -2.39. The van der Waals surface area contributed by atoms with Crippen molar-refractivity contribution in [3.8, 4) is 11.3 Å². The summed E-state index contributed by atoms with van der Waals surface area (Å²) in [6.45, 7) is 3.56. The van der Waals surface area contributed by atoms with Gasteiger partial charge in [-0.1, -0.05) is 28.9 Å². The van der Waals surface area contributed by atoms with E-state index in [1.54, 1.807) is 18.2 Å². The molecule has 0 atom stereocenters. The molecular formula is C15H16ClN3O3. The first-order valence-electron chi connectivity index (χ1n) is 6.76. The molecule has 22 heavy (non-hydrogen) atoms. The highest BCUT2D eigenvalue weighted by Crippen LogP contribution is 2.22. The highest BCUT2D eigenvalue weighted by molar-refractivity contribution is 6.30. The van der Waals surface area contributed by atoms with Gasteiger partial charge in [0.15, 0.2) is 0 Å². The van der Waals surface area contributed by atoms with Crippen LogP contribution in [0.4, 0.5) is 0 Å². The highest BCUT2D eigenvalue weighted by atomic mass is 35.5. The first-order chi connectivity index (χ1) is 10.5. The number of rotatable bonds is 5. The molecule has 116 valence electrons. The summed E-state index contributed by atoms with van der Waals surface area (Å²) in [7, 11) is 0. The minimum absolute atomic E-state index is 0.0177. The van der Waals surface area contributed by atoms with Crippen LogP contribution in [0.1, 0.15) is 24.4 Å². The second kappa shape index (κ2) is 7.09. The zero-order valence-electron chi connectivity index (χ0n) is 12.2. The van der Waals surface area contributed by atoms with Crippen LogP contribution in [0.5, 0.6) is 0 Å². The topological polar surface area (TPSA) is 84.2 Å². The van der Waals surface area contributed by atoms with Crippen LogP contribution in [0.2, 0.25) is 5.02 Å². The fourth-order valence-corrected chi connectivity index (χ4v) is 1.98. The van der Waals surface area contributed by atoms with Crippen LogP contribution < -0.4 is 10.6 Å². The van der Waals surface area contributed by atoms with E-state index in [1.165, 1.54) is 6.07 Å². The van der Waals surface area contributed by atoms with Gasteiger partial charge in [-0.15, -0.1) is 0 Å². The van der Waals surface area contributed by atoms with Crippen LogP contribution in [-0.2, 0) is 4.79 Å². The van der Waals surface area contributed by atoms with E-state index in [9.17, 15) is 9.59 Å². The number of carbonyl (C=O) groups excluding carboxylic acids is 2. The summed E-state index contributed by atoms with van der Waals surface area (Å²) in [5.74, 6) is -0.732. The molecule has 2 rings (SSSR count). The van der Waals surface area contributed by atoms with Crippen LogP contribution in [0.15, 0.2) is 34.9 Å². The highest BCUT2D eigenvalue weighted by Gasteiger charge is 2.15. The summed E-state index contributed by atoms with van der Waals surface area (Å²) in [5.41, 5.74) is 1.24. The first-order valence-corrected chi connectivity index (χ1v) is 7.13. The van der Waals surface area contributed by atoms with Crippen molar-refractivity contribution in [1.82, 2.24) is 15.8 Å². The number of carbonyl (C=O) groups is 2. The van der Waals surface area contributed by atoms with Gasteiger partial charge in [-0.25, -0.2) is 0 Å². The molecule has 1 aromatic heterocycles. The molecule has 0 unspecified atom stereocenters. The predicted octanol–water partition coefficient (Wildman–Crippen LogP) is 2.25. The van der Waals surface area contributed by atoms with Crippen molar-refractivity contribution in [3.05, 3.63) is 41.1 Å². The van der Waals surface area contributed by atoms with E-state index in [4.69, 9.17) is 16.1 Å². The third-order valence-corrected chi connectivity index (χ3v) is 2.95. The Labute approximate surface area is 132 Å². The van der Waals surface area contributed by atoms with Gasteiger partial charge in [0.2, 0.25) is 11.7 Å². The van der Waals surface area contributed by atoms with Crippen LogP contribution in [0.3, 0.4) is 0 Å². The van der Waals surface area contributed by atoms with E-state index in [2.05, 4.69) is 15.8 Å². The molecule has 2 amide bonds. The van der Waals surface area contributed by atoms with Gasteiger partial charge in [0.1, 0.15) is 5.69 Å². The van der Waals surface area contributed by atoms with Crippen molar-refractivity contribution in [2.45, 2.75) is 19.9 Å². The maximum absolute atomic E-state index is 11.9. The molecule has 0 saturated carbocycles. The average Bonchev–Trinajstić information content (AvgIpc) is 2.94. The van der Waals surface area contributed by atoms with E-state index >= 15 is 0 Å². The molecule has 1 aromatic carbocycles. The zero-order chi connectivity index (χ0) is 16.1. The van der Waals surface area contributed by atoms with Gasteiger partial charge >= 0.3 is 0 Å². The number of nitrogens with one attached hydrogen (secondary N) is 2. The van der Waals surface area contributed by atoms with Gasteiger partial charge in [0.05, 0.1) is 6.54 Å². The van der Waals surface area contributed by atoms with Gasteiger partial charge in [0.25, 0.3) is 5.91 Å². The van der Waals surface area contributed by atoms with Gasteiger partial charge in [0, 0.05) is 22.7 Å². The third-order valence-electron chi connectivity index (χ3n) is 2.71. The molecule has 6 nitrogen and oxygen atoms in total. The Hall–Kier alpha value is -2.34. The molecule has 2 aromatic rings. The maximum Gasteiger partial charge on any atom is 0.290 e. The largest absolute Gasteiger partial charge is 0.352 e. The number of aromatic nitrogens is 1. The lowest BCUT2D eigenvalue weighted by Gasteiger charge is -2.08. The second-order valence-corrected chi connectivity index (χ2v) is 5.43. The summed E-state index contributed by atoms with van der Waals surface area (Å²) in [4.78, 5) is 23.4. The van der Waals surface area contributed by atoms with Gasteiger partial charge in [-0.2, -0.15) is 0 Å². The monoisotopic (exact) mass is 321 g/mol. The van der Waals surface area contributed by atoms with Crippen molar-refractivity contribution >= 4 is 23.4 Å². The van der Waals surface area contributed by atoms with Gasteiger partial charge < -0.3 is 15.2 Å². The van der Waals surface area contributed by atoms with Crippen LogP contribution in [0, 0.1) is 0 Å². The fourth-order valence-electron chi connectivity index (χ4n) is 1.79. The van der Waals surface area contributed by atoms with E-state index < -0.39 is 5.91 Å². The zero-order valence-corrected chi connectivity index (χ0v) is 13.0. The lowest BCUT2D eigenvalue weighted by molar-refractivity contribution is -0.120. The van der Waals surface area contributed by atoms with E-state index in [0.717, 1.165) is 5.56 Å². The molecule has 0 aliphatic carbocycles. The maximum atomic E-state index is 11.9. The van der Waals surface area contributed by atoms with Crippen LogP contribution in [0.25, 0.3) is 11.3 Å². The Morgan fingerprint density at radius 3 is 2.77 bits per heavy atom. The van der Waals surface area contributed by atoms with Crippen molar-refractivity contribution in [2.75, 3.05) is 6.54 Å². The summed E-state index contributed by atoms with van der Waals surface area (Å²) in [6, 6.07) is 8.57. The average molecular weight is 322 g/mol. The Bertz CT molecular complexity index is 682. The molecule has 7 heteroatoms. The standard InChI is InChI=1S/C15H16ClN3O3/c1-9(2)18-14(20)8-17-15(21)13-7-12(19-22-13)10-4-3-5-11(16)6-10/h3-7,9H,8H2,1-2H3,(H,17,21)(H,18,20). The summed E-state index contributed by atoms with van der Waals surface area (Å²) >= 11 is 5.91. The molecule has 0 fully saturated rings. The molecule has 0 radical (unpaired) electrons. The van der Waals surface area contributed by atoms with E-state index in [0.29, 0.717) is 10.7 Å². The number of amides is 2. The van der Waals surface area contributed by atoms with Crippen molar-refractivity contribution in [3.63, 3.8) is 0 Å². The molecule has 0 aliphatic heterocycles. The third kappa shape index (κ3) is 4.33. The number of hydrogen-bond acceptors (Lipinski definition) is 4. The first kappa shape index (κ1) is 16.0. The molecule has 2 N–H and O–H groups in total. The Balaban J connectivity index is 1.99. The SMILES string of the molecule is CC(C)NC(=O)CNC(=O)c1cc(-c2cccc(Cl)c2)no1. The van der Waals surface area contributed by atoms with E-state index in [1.807, 2.05) is 19.9 Å². The molecule has 0 aliphatic rings. The molecule has 0 spiro atoms. The van der Waals surface area contributed by atoms with Crippen molar-refractivity contribution < 1.29 is 14.1 Å². The number of hydrogen-bond donors (Lipinski definition) is 2. The quantitative estimate of drug-likeness (QED) is 0.884. The van der Waals surface area contributed by atoms with Gasteiger partial charge in [-0.3, -0.25) is 9.59 Å². The van der Waals surface area contributed by atoms with Gasteiger partial charge in [-0.05, 0) is 26.0 Å². The molecule has 1 heterocycles. The molecular weight excluding hydrogens is 306 g/mol. The fraction of sp³-hybridized carbons (Fsp3) is 0.267. The second-order valence-electron chi connectivity index (χ2n) is 4.99. The minimum Gasteiger partial charge on any atom is -0.352 e.